The van der Waals surface area contributed by atoms with Crippen molar-refractivity contribution in [2.75, 3.05) is 26.4 Å². The summed E-state index contributed by atoms with van der Waals surface area (Å²) in [4.78, 5) is 16.6. The fourth-order valence-corrected chi connectivity index (χ4v) is 3.22. The Bertz CT molecular complexity index is 754. The van der Waals surface area contributed by atoms with Gasteiger partial charge in [0.05, 0.1) is 17.8 Å². The largest absolute Gasteiger partial charge is 0.440 e. The summed E-state index contributed by atoms with van der Waals surface area (Å²) in [5.74, 6) is 0.436. The normalized spacial score (nSPS) is 16.8. The van der Waals surface area contributed by atoms with Gasteiger partial charge in [0, 0.05) is 12.1 Å². The molecule has 7 heteroatoms. The number of hydrogen-bond acceptors (Lipinski definition) is 5. The number of H-pyrrole nitrogens is 1. The van der Waals surface area contributed by atoms with E-state index in [1.165, 1.54) is 0 Å². The van der Waals surface area contributed by atoms with Gasteiger partial charge in [0.15, 0.2) is 5.82 Å². The van der Waals surface area contributed by atoms with E-state index in [4.69, 9.17) is 10.5 Å². The van der Waals surface area contributed by atoms with Gasteiger partial charge in [-0.3, -0.25) is 10.00 Å². The number of carbonyl (C=O) groups excluding carboxylic acids is 1. The Kier molecular flexibility index (Phi) is 4.43. The predicted molar refractivity (Wildman–Crippen MR) is 95.8 cm³/mol. The van der Waals surface area contributed by atoms with Crippen LogP contribution in [0.4, 0.5) is 10.6 Å². The summed E-state index contributed by atoms with van der Waals surface area (Å²) in [6.07, 6.45) is -0.696. The average molecular weight is 343 g/mol. The Hall–Kier alpha value is -2.54. The predicted octanol–water partition coefficient (Wildman–Crippen LogP) is 2.48. The van der Waals surface area contributed by atoms with Gasteiger partial charge in [-0.2, -0.15) is 5.10 Å². The van der Waals surface area contributed by atoms with Gasteiger partial charge in [-0.15, -0.1) is 0 Å². The van der Waals surface area contributed by atoms with Gasteiger partial charge in [-0.05, 0) is 33.5 Å². The number of rotatable bonds is 4. The van der Waals surface area contributed by atoms with Crippen molar-refractivity contribution < 1.29 is 9.53 Å². The van der Waals surface area contributed by atoms with Crippen LogP contribution in [0.5, 0.6) is 0 Å². The molecule has 1 aliphatic rings. The molecule has 3 N–H and O–H groups in total. The number of aromatic amines is 1. The smallest absolute Gasteiger partial charge is 0.411 e. The van der Waals surface area contributed by atoms with Crippen LogP contribution in [-0.4, -0.2) is 46.7 Å². The van der Waals surface area contributed by atoms with Crippen molar-refractivity contribution in [1.29, 1.82) is 0 Å². The minimum Gasteiger partial charge on any atom is -0.440 e. The second-order valence-electron chi connectivity index (χ2n) is 7.15. The highest BCUT2D eigenvalue weighted by Crippen LogP contribution is 2.40. The number of anilines is 1. The fraction of sp³-hybridized carbons (Fsp3) is 0.444. The summed E-state index contributed by atoms with van der Waals surface area (Å²) < 4.78 is 5.88. The van der Waals surface area contributed by atoms with E-state index < -0.39 is 5.54 Å². The first-order valence-corrected chi connectivity index (χ1v) is 8.32. The lowest BCUT2D eigenvalue weighted by atomic mass is 10.0. The summed E-state index contributed by atoms with van der Waals surface area (Å²) in [6, 6.07) is 9.79. The molecule has 2 heterocycles. The molecule has 0 saturated carbocycles. The van der Waals surface area contributed by atoms with Gasteiger partial charge in [-0.1, -0.05) is 30.3 Å². The number of nitrogens with one attached hydrogen (secondary N) is 1. The molecule has 0 radical (unpaired) electrons. The van der Waals surface area contributed by atoms with Crippen LogP contribution in [0.1, 0.15) is 36.8 Å². The SMILES string of the molecule is CN(C)C[C@@H](OC(=O)N1Cc2c(N)n[nH]c2C1(C)C)c1ccccc1. The number of carbonyl (C=O) groups is 1. The maximum atomic E-state index is 12.9. The number of aromatic nitrogens is 2. The molecule has 1 atom stereocenters. The monoisotopic (exact) mass is 343 g/mol. The third kappa shape index (κ3) is 3.19. The van der Waals surface area contributed by atoms with Crippen molar-refractivity contribution in [3.63, 3.8) is 0 Å². The Balaban J connectivity index is 1.80. The highest BCUT2D eigenvalue weighted by Gasteiger charge is 2.44. The van der Waals surface area contributed by atoms with E-state index in [9.17, 15) is 4.79 Å². The van der Waals surface area contributed by atoms with Crippen LogP contribution in [0.25, 0.3) is 0 Å². The van der Waals surface area contributed by atoms with E-state index >= 15 is 0 Å². The number of amides is 1. The van der Waals surface area contributed by atoms with Crippen LogP contribution in [0.2, 0.25) is 0 Å². The molecule has 7 nitrogen and oxygen atoms in total. The molecule has 2 aromatic rings. The lowest BCUT2D eigenvalue weighted by Gasteiger charge is -2.33. The first-order chi connectivity index (χ1) is 11.8. The van der Waals surface area contributed by atoms with Crippen LogP contribution >= 0.6 is 0 Å². The molecule has 25 heavy (non-hydrogen) atoms. The summed E-state index contributed by atoms with van der Waals surface area (Å²) in [6.45, 7) is 4.92. The van der Waals surface area contributed by atoms with Crippen LogP contribution in [0, 0.1) is 0 Å². The molecule has 1 aliphatic heterocycles. The molecule has 1 aromatic heterocycles. The summed E-state index contributed by atoms with van der Waals surface area (Å²) >= 11 is 0. The van der Waals surface area contributed by atoms with E-state index in [2.05, 4.69) is 10.2 Å². The first-order valence-electron chi connectivity index (χ1n) is 8.32. The molecular weight excluding hydrogens is 318 g/mol. The molecule has 0 aliphatic carbocycles. The highest BCUT2D eigenvalue weighted by molar-refractivity contribution is 5.71. The molecular formula is C18H25N5O2. The number of benzene rings is 1. The summed E-state index contributed by atoms with van der Waals surface area (Å²) in [7, 11) is 3.92. The number of hydrogen-bond donors (Lipinski definition) is 2. The van der Waals surface area contributed by atoms with E-state index in [1.807, 2.05) is 63.2 Å². The van der Waals surface area contributed by atoms with Crippen LogP contribution < -0.4 is 5.73 Å². The van der Waals surface area contributed by atoms with E-state index in [0.717, 1.165) is 16.8 Å². The van der Waals surface area contributed by atoms with Crippen molar-refractivity contribution >= 4 is 11.9 Å². The van der Waals surface area contributed by atoms with Gasteiger partial charge in [0.25, 0.3) is 0 Å². The van der Waals surface area contributed by atoms with Gasteiger partial charge < -0.3 is 15.4 Å². The third-order valence-corrected chi connectivity index (χ3v) is 4.67. The summed E-state index contributed by atoms with van der Waals surface area (Å²) in [5.41, 5.74) is 8.07. The molecule has 134 valence electrons. The molecule has 1 aromatic carbocycles. The highest BCUT2D eigenvalue weighted by atomic mass is 16.6. The zero-order valence-electron chi connectivity index (χ0n) is 15.1. The minimum atomic E-state index is -0.545. The Labute approximate surface area is 147 Å². The average Bonchev–Trinajstić information content (AvgIpc) is 3.05. The number of ether oxygens (including phenoxy) is 1. The van der Waals surface area contributed by atoms with Crippen molar-refractivity contribution in [3.8, 4) is 0 Å². The number of fused-ring (bicyclic) bond motifs is 1. The molecule has 0 spiro atoms. The van der Waals surface area contributed by atoms with E-state index in [1.54, 1.807) is 4.90 Å². The van der Waals surface area contributed by atoms with Crippen LogP contribution in [0.3, 0.4) is 0 Å². The fourth-order valence-electron chi connectivity index (χ4n) is 3.22. The van der Waals surface area contributed by atoms with Gasteiger partial charge in [-0.25, -0.2) is 4.79 Å². The molecule has 3 rings (SSSR count). The topological polar surface area (TPSA) is 87.5 Å². The Morgan fingerprint density at radius 2 is 2.08 bits per heavy atom. The molecule has 1 amide bonds. The quantitative estimate of drug-likeness (QED) is 0.890. The molecule has 0 unspecified atom stereocenters. The molecule has 0 saturated heterocycles. The number of nitrogens with zero attached hydrogens (tertiary/aromatic N) is 3. The Morgan fingerprint density at radius 1 is 1.40 bits per heavy atom. The van der Waals surface area contributed by atoms with E-state index in [-0.39, 0.29) is 12.2 Å². The number of nitrogens with two attached hydrogens (primary N) is 1. The van der Waals surface area contributed by atoms with Crippen molar-refractivity contribution in [2.45, 2.75) is 32.0 Å². The minimum absolute atomic E-state index is 0.339. The second-order valence-corrected chi connectivity index (χ2v) is 7.15. The summed E-state index contributed by atoms with van der Waals surface area (Å²) in [5, 5.41) is 6.99. The molecule has 0 bridgehead atoms. The third-order valence-electron chi connectivity index (χ3n) is 4.67. The van der Waals surface area contributed by atoms with Gasteiger partial charge >= 0.3 is 6.09 Å². The van der Waals surface area contributed by atoms with Crippen molar-refractivity contribution in [1.82, 2.24) is 20.0 Å². The van der Waals surface area contributed by atoms with Crippen molar-refractivity contribution in [3.05, 3.63) is 47.2 Å². The maximum absolute atomic E-state index is 12.9. The standard InChI is InChI=1S/C18H25N5O2/c1-18(2)15-13(16(19)21-20-15)10-23(18)17(24)25-14(11-22(3)4)12-8-6-5-7-9-12/h5-9,14H,10-11H2,1-4H3,(H3,19,20,21)/t14-/m1/s1. The lowest BCUT2D eigenvalue weighted by Crippen LogP contribution is -2.42. The maximum Gasteiger partial charge on any atom is 0.411 e. The van der Waals surface area contributed by atoms with Gasteiger partial charge in [0.2, 0.25) is 0 Å². The Morgan fingerprint density at radius 3 is 2.68 bits per heavy atom. The zero-order chi connectivity index (χ0) is 18.2. The zero-order valence-corrected chi connectivity index (χ0v) is 15.1. The second kappa shape index (κ2) is 6.40. The number of likely N-dealkylation sites (N-methyl/N-ethyl adjacent to an activating group) is 1. The van der Waals surface area contributed by atoms with Crippen LogP contribution in [-0.2, 0) is 16.8 Å². The van der Waals surface area contributed by atoms with Crippen molar-refractivity contribution in [2.24, 2.45) is 0 Å². The van der Waals surface area contributed by atoms with Crippen LogP contribution in [0.15, 0.2) is 30.3 Å². The number of nitrogen functional groups attached to an aromatic ring is 1. The first kappa shape index (κ1) is 17.3. The molecule has 0 fully saturated rings. The van der Waals surface area contributed by atoms with E-state index in [0.29, 0.717) is 18.9 Å². The lowest BCUT2D eigenvalue weighted by molar-refractivity contribution is 0.0259. The van der Waals surface area contributed by atoms with Gasteiger partial charge in [0.1, 0.15) is 6.10 Å².